The summed E-state index contributed by atoms with van der Waals surface area (Å²) in [5, 5.41) is 4.66. The van der Waals surface area contributed by atoms with Crippen LogP contribution in [0.15, 0.2) is 24.3 Å². The fourth-order valence-corrected chi connectivity index (χ4v) is 1.74. The highest BCUT2D eigenvalue weighted by Crippen LogP contribution is 2.41. The van der Waals surface area contributed by atoms with E-state index in [1.807, 2.05) is 0 Å². The summed E-state index contributed by atoms with van der Waals surface area (Å²) in [5.41, 5.74) is 2.65. The van der Waals surface area contributed by atoms with Gasteiger partial charge in [-0.3, -0.25) is 5.32 Å². The predicted octanol–water partition coefficient (Wildman–Crippen LogP) is 2.82. The topological polar surface area (TPSA) is 14.1 Å². The maximum absolute atomic E-state index is 4.66. The minimum Gasteiger partial charge on any atom is -0.278 e. The minimum atomic E-state index is 0.0870. The third kappa shape index (κ3) is 0.927. The SMILES string of the molecule is CC1c2ccccc2[N]C1(C)C. The number of benzene rings is 1. The van der Waals surface area contributed by atoms with Crippen molar-refractivity contribution in [1.29, 1.82) is 0 Å². The van der Waals surface area contributed by atoms with Crippen LogP contribution in [0.3, 0.4) is 0 Å². The van der Waals surface area contributed by atoms with Gasteiger partial charge in [-0.15, -0.1) is 0 Å². The van der Waals surface area contributed by atoms with Crippen molar-refractivity contribution in [3.63, 3.8) is 0 Å². The van der Waals surface area contributed by atoms with Gasteiger partial charge in [0.1, 0.15) is 0 Å². The highest BCUT2D eigenvalue weighted by molar-refractivity contribution is 5.53. The van der Waals surface area contributed by atoms with Gasteiger partial charge in [0.25, 0.3) is 0 Å². The van der Waals surface area contributed by atoms with Crippen molar-refractivity contribution in [3.05, 3.63) is 29.8 Å². The number of nitrogens with zero attached hydrogens (tertiary/aromatic N) is 1. The molecule has 0 bridgehead atoms. The summed E-state index contributed by atoms with van der Waals surface area (Å²) < 4.78 is 0. The van der Waals surface area contributed by atoms with Crippen molar-refractivity contribution in [2.45, 2.75) is 32.2 Å². The first kappa shape index (κ1) is 7.66. The van der Waals surface area contributed by atoms with Gasteiger partial charge in [0.2, 0.25) is 0 Å². The van der Waals surface area contributed by atoms with E-state index in [0.717, 1.165) is 0 Å². The molecule has 1 aliphatic rings. The van der Waals surface area contributed by atoms with Gasteiger partial charge in [-0.05, 0) is 25.5 Å². The normalized spacial score (nSPS) is 24.8. The smallest absolute Gasteiger partial charge is 0.0625 e. The standard InChI is InChI=1S/C11H14N/c1-8-9-6-4-5-7-10(9)12-11(8,2)3/h4-8H,1-3H3. The van der Waals surface area contributed by atoms with E-state index >= 15 is 0 Å². The molecule has 1 unspecified atom stereocenters. The summed E-state index contributed by atoms with van der Waals surface area (Å²) in [6.07, 6.45) is 0. The Bertz CT molecular complexity index is 302. The third-order valence-corrected chi connectivity index (χ3v) is 2.87. The summed E-state index contributed by atoms with van der Waals surface area (Å²) in [6, 6.07) is 8.42. The molecule has 12 heavy (non-hydrogen) atoms. The molecular formula is C11H14N. The Morgan fingerprint density at radius 3 is 2.58 bits per heavy atom. The highest BCUT2D eigenvalue weighted by Gasteiger charge is 2.36. The van der Waals surface area contributed by atoms with Gasteiger partial charge in [-0.1, -0.05) is 25.1 Å². The van der Waals surface area contributed by atoms with E-state index in [0.29, 0.717) is 5.92 Å². The molecule has 63 valence electrons. The van der Waals surface area contributed by atoms with Crippen LogP contribution in [0.2, 0.25) is 0 Å². The van der Waals surface area contributed by atoms with Crippen molar-refractivity contribution < 1.29 is 0 Å². The van der Waals surface area contributed by atoms with E-state index in [9.17, 15) is 0 Å². The van der Waals surface area contributed by atoms with Crippen LogP contribution in [0, 0.1) is 0 Å². The first-order valence-corrected chi connectivity index (χ1v) is 4.43. The summed E-state index contributed by atoms with van der Waals surface area (Å²) in [6.45, 7) is 6.63. The number of fused-ring (bicyclic) bond motifs is 1. The molecule has 0 spiro atoms. The molecular weight excluding hydrogens is 146 g/mol. The Hall–Kier alpha value is -0.980. The second kappa shape index (κ2) is 2.25. The Morgan fingerprint density at radius 2 is 1.92 bits per heavy atom. The van der Waals surface area contributed by atoms with Crippen LogP contribution < -0.4 is 5.32 Å². The Balaban J connectivity index is 2.49. The number of para-hydroxylation sites is 1. The molecule has 0 fully saturated rings. The Morgan fingerprint density at radius 1 is 1.25 bits per heavy atom. The molecule has 1 atom stereocenters. The zero-order valence-corrected chi connectivity index (χ0v) is 7.83. The maximum atomic E-state index is 4.66. The largest absolute Gasteiger partial charge is 0.278 e. The fourth-order valence-electron chi connectivity index (χ4n) is 1.74. The molecule has 0 amide bonds. The molecule has 0 aliphatic carbocycles. The van der Waals surface area contributed by atoms with Crippen molar-refractivity contribution in [1.82, 2.24) is 5.32 Å². The molecule has 0 saturated heterocycles. The van der Waals surface area contributed by atoms with Gasteiger partial charge in [0, 0.05) is 5.92 Å². The first-order chi connectivity index (χ1) is 5.61. The zero-order chi connectivity index (χ0) is 8.77. The second-order valence-corrected chi connectivity index (χ2v) is 4.05. The van der Waals surface area contributed by atoms with Gasteiger partial charge in [-0.2, -0.15) is 0 Å². The van der Waals surface area contributed by atoms with Crippen LogP contribution in [0.25, 0.3) is 0 Å². The van der Waals surface area contributed by atoms with Crippen LogP contribution in [0.4, 0.5) is 5.69 Å². The maximum Gasteiger partial charge on any atom is 0.0625 e. The van der Waals surface area contributed by atoms with Crippen LogP contribution in [0.5, 0.6) is 0 Å². The average molecular weight is 160 g/mol. The van der Waals surface area contributed by atoms with E-state index in [-0.39, 0.29) is 5.54 Å². The first-order valence-electron chi connectivity index (χ1n) is 4.43. The molecule has 0 N–H and O–H groups in total. The van der Waals surface area contributed by atoms with Gasteiger partial charge >= 0.3 is 0 Å². The summed E-state index contributed by atoms with van der Waals surface area (Å²) in [7, 11) is 0. The molecule has 1 aliphatic heterocycles. The zero-order valence-electron chi connectivity index (χ0n) is 7.83. The molecule has 1 nitrogen and oxygen atoms in total. The quantitative estimate of drug-likeness (QED) is 0.554. The third-order valence-electron chi connectivity index (χ3n) is 2.87. The highest BCUT2D eigenvalue weighted by atomic mass is 15.0. The lowest BCUT2D eigenvalue weighted by atomic mass is 9.88. The Kier molecular flexibility index (Phi) is 1.44. The van der Waals surface area contributed by atoms with Crippen LogP contribution in [-0.2, 0) is 0 Å². The van der Waals surface area contributed by atoms with E-state index in [1.54, 1.807) is 0 Å². The summed E-state index contributed by atoms with van der Waals surface area (Å²) in [5.74, 6) is 0.550. The molecule has 0 aromatic heterocycles. The monoisotopic (exact) mass is 160 g/mol. The van der Waals surface area contributed by atoms with Gasteiger partial charge in [0.15, 0.2) is 0 Å². The van der Waals surface area contributed by atoms with Crippen molar-refractivity contribution in [3.8, 4) is 0 Å². The van der Waals surface area contributed by atoms with E-state index in [4.69, 9.17) is 0 Å². The van der Waals surface area contributed by atoms with Gasteiger partial charge < -0.3 is 0 Å². The molecule has 1 radical (unpaired) electrons. The van der Waals surface area contributed by atoms with E-state index in [1.165, 1.54) is 11.3 Å². The number of hydrogen-bond acceptors (Lipinski definition) is 0. The van der Waals surface area contributed by atoms with Crippen molar-refractivity contribution in [2.24, 2.45) is 0 Å². The molecule has 1 aromatic carbocycles. The molecule has 0 saturated carbocycles. The fraction of sp³-hybridized carbons (Fsp3) is 0.455. The van der Waals surface area contributed by atoms with Gasteiger partial charge in [0.05, 0.1) is 11.2 Å². The van der Waals surface area contributed by atoms with Crippen LogP contribution >= 0.6 is 0 Å². The number of rotatable bonds is 0. The minimum absolute atomic E-state index is 0.0870. The lowest BCUT2D eigenvalue weighted by molar-refractivity contribution is 0.407. The van der Waals surface area contributed by atoms with Crippen LogP contribution in [-0.4, -0.2) is 5.54 Å². The molecule has 2 rings (SSSR count). The molecule has 1 heteroatoms. The number of hydrogen-bond donors (Lipinski definition) is 0. The lowest BCUT2D eigenvalue weighted by Gasteiger charge is -2.22. The second-order valence-electron chi connectivity index (χ2n) is 4.05. The Labute approximate surface area is 73.8 Å². The van der Waals surface area contributed by atoms with Crippen molar-refractivity contribution in [2.75, 3.05) is 0 Å². The molecule has 1 heterocycles. The summed E-state index contributed by atoms with van der Waals surface area (Å²) in [4.78, 5) is 0. The summed E-state index contributed by atoms with van der Waals surface area (Å²) >= 11 is 0. The molecule has 1 aromatic rings. The van der Waals surface area contributed by atoms with Crippen LogP contribution in [0.1, 0.15) is 32.3 Å². The van der Waals surface area contributed by atoms with Gasteiger partial charge in [-0.25, -0.2) is 0 Å². The van der Waals surface area contributed by atoms with E-state index < -0.39 is 0 Å². The average Bonchev–Trinajstić information content (AvgIpc) is 2.24. The van der Waals surface area contributed by atoms with Crippen molar-refractivity contribution >= 4 is 5.69 Å². The van der Waals surface area contributed by atoms with E-state index in [2.05, 4.69) is 50.4 Å². The lowest BCUT2D eigenvalue weighted by Crippen LogP contribution is -2.29. The predicted molar refractivity (Wildman–Crippen MR) is 50.7 cm³/mol.